The normalized spacial score (nSPS) is 14.1. The van der Waals surface area contributed by atoms with E-state index in [-0.39, 0.29) is 0 Å². The van der Waals surface area contributed by atoms with Gasteiger partial charge in [0.25, 0.3) is 0 Å². The van der Waals surface area contributed by atoms with Crippen LogP contribution < -0.4 is 13.6 Å². The minimum Gasteiger partial charge on any atom is -0.386 e. The number of benzene rings is 5. The van der Waals surface area contributed by atoms with Crippen LogP contribution in [0.5, 0.6) is 17.2 Å². The molecule has 0 spiro atoms. The number of phosphoric acid groups is 1. The summed E-state index contributed by atoms with van der Waals surface area (Å²) in [4.78, 5) is 0. The number of hydrogen-bond acceptors (Lipinski definition) is 4. The Kier molecular flexibility index (Phi) is 4.02. The van der Waals surface area contributed by atoms with Crippen LogP contribution >= 0.6 is 7.82 Å². The van der Waals surface area contributed by atoms with E-state index in [9.17, 15) is 4.57 Å². The van der Waals surface area contributed by atoms with Gasteiger partial charge in [-0.3, -0.25) is 0 Å². The molecule has 1 aliphatic rings. The zero-order valence-electron chi connectivity index (χ0n) is 16.4. The molecule has 0 atom stereocenters. The van der Waals surface area contributed by atoms with Crippen molar-refractivity contribution in [2.75, 3.05) is 0 Å². The third-order valence-electron chi connectivity index (χ3n) is 5.41. The molecule has 5 aromatic carbocycles. The maximum atomic E-state index is 13.8. The van der Waals surface area contributed by atoms with Gasteiger partial charge < -0.3 is 13.6 Å². The molecule has 0 saturated heterocycles. The Morgan fingerprint density at radius 1 is 0.548 bits per heavy atom. The molecule has 150 valence electrons. The van der Waals surface area contributed by atoms with E-state index in [1.165, 1.54) is 0 Å². The second-order valence-corrected chi connectivity index (χ2v) is 8.80. The van der Waals surface area contributed by atoms with Crippen LogP contribution in [0.25, 0.3) is 32.7 Å². The van der Waals surface area contributed by atoms with Gasteiger partial charge in [0.05, 0.1) is 0 Å². The Hall–Kier alpha value is -3.75. The Bertz CT molecular complexity index is 1400. The first-order chi connectivity index (χ1) is 15.2. The van der Waals surface area contributed by atoms with Gasteiger partial charge >= 0.3 is 7.82 Å². The number of phosphoric ester groups is 1. The molecule has 0 amide bonds. The molecule has 0 radical (unpaired) electrons. The fourth-order valence-corrected chi connectivity index (χ4v) is 5.36. The van der Waals surface area contributed by atoms with Crippen molar-refractivity contribution in [2.45, 2.75) is 0 Å². The molecule has 0 N–H and O–H groups in total. The number of para-hydroxylation sites is 1. The first-order valence-electron chi connectivity index (χ1n) is 9.98. The van der Waals surface area contributed by atoms with Gasteiger partial charge in [0, 0.05) is 11.1 Å². The Balaban J connectivity index is 1.66. The standard InChI is InChI=1S/C26H17O4P/c27-31(28-20-10-2-1-3-11-20)29-23-16-14-18-8-4-6-12-21(18)25(23)26-22-13-7-5-9-19(22)15-17-24(26)30-31/h1-17H. The molecule has 0 aromatic heterocycles. The monoisotopic (exact) mass is 424 g/mol. The Morgan fingerprint density at radius 3 is 1.58 bits per heavy atom. The van der Waals surface area contributed by atoms with Gasteiger partial charge in [-0.05, 0) is 45.8 Å². The van der Waals surface area contributed by atoms with Crippen molar-refractivity contribution in [3.63, 3.8) is 0 Å². The highest BCUT2D eigenvalue weighted by Gasteiger charge is 2.38. The molecule has 1 heterocycles. The molecule has 31 heavy (non-hydrogen) atoms. The average Bonchev–Trinajstić information content (AvgIpc) is 2.93. The van der Waals surface area contributed by atoms with Crippen molar-refractivity contribution in [1.29, 1.82) is 0 Å². The summed E-state index contributed by atoms with van der Waals surface area (Å²) in [7, 11) is -4.00. The summed E-state index contributed by atoms with van der Waals surface area (Å²) in [6.07, 6.45) is 0. The van der Waals surface area contributed by atoms with Gasteiger partial charge in [0.1, 0.15) is 17.2 Å². The van der Waals surface area contributed by atoms with Gasteiger partial charge in [-0.15, -0.1) is 0 Å². The molecule has 0 saturated carbocycles. The largest absolute Gasteiger partial charge is 0.647 e. The Morgan fingerprint density at radius 2 is 1.03 bits per heavy atom. The van der Waals surface area contributed by atoms with Crippen LogP contribution in [0.2, 0.25) is 0 Å². The number of fused-ring (bicyclic) bond motifs is 7. The van der Waals surface area contributed by atoms with Crippen molar-refractivity contribution < 1.29 is 18.1 Å². The van der Waals surface area contributed by atoms with Crippen molar-refractivity contribution in [3.05, 3.63) is 103 Å². The fraction of sp³-hybridized carbons (Fsp3) is 0. The number of rotatable bonds is 2. The van der Waals surface area contributed by atoms with E-state index in [1.807, 2.05) is 91.0 Å². The van der Waals surface area contributed by atoms with E-state index in [0.717, 1.165) is 32.7 Å². The Labute approximate surface area is 179 Å². The third kappa shape index (κ3) is 3.04. The summed E-state index contributed by atoms with van der Waals surface area (Å²) in [5.41, 5.74) is 1.69. The average molecular weight is 424 g/mol. The van der Waals surface area contributed by atoms with Crippen LogP contribution in [0.4, 0.5) is 0 Å². The van der Waals surface area contributed by atoms with Crippen LogP contribution in [-0.4, -0.2) is 0 Å². The van der Waals surface area contributed by atoms with E-state index in [0.29, 0.717) is 17.2 Å². The number of hydrogen-bond donors (Lipinski definition) is 0. The summed E-state index contributed by atoms with van der Waals surface area (Å²) in [6.45, 7) is 0. The quantitative estimate of drug-likeness (QED) is 0.274. The van der Waals surface area contributed by atoms with Crippen molar-refractivity contribution in [3.8, 4) is 28.4 Å². The van der Waals surface area contributed by atoms with E-state index < -0.39 is 7.82 Å². The first-order valence-corrected chi connectivity index (χ1v) is 11.4. The van der Waals surface area contributed by atoms with Gasteiger partial charge in [-0.2, -0.15) is 4.57 Å². The second-order valence-electron chi connectivity index (χ2n) is 7.35. The highest BCUT2D eigenvalue weighted by atomic mass is 31.2. The van der Waals surface area contributed by atoms with Crippen LogP contribution in [0.3, 0.4) is 0 Å². The van der Waals surface area contributed by atoms with E-state index in [1.54, 1.807) is 12.1 Å². The fourth-order valence-electron chi connectivity index (χ4n) is 4.08. The van der Waals surface area contributed by atoms with Crippen molar-refractivity contribution >= 4 is 29.4 Å². The highest BCUT2D eigenvalue weighted by Crippen LogP contribution is 2.58. The van der Waals surface area contributed by atoms with Crippen LogP contribution in [0.1, 0.15) is 0 Å². The molecule has 0 bridgehead atoms. The molecule has 5 aromatic rings. The molecule has 0 aliphatic carbocycles. The molecular weight excluding hydrogens is 407 g/mol. The molecule has 0 unspecified atom stereocenters. The summed E-state index contributed by atoms with van der Waals surface area (Å²) in [6, 6.07) is 32.6. The molecular formula is C26H17O4P. The topological polar surface area (TPSA) is 44.8 Å². The maximum absolute atomic E-state index is 13.8. The summed E-state index contributed by atoms with van der Waals surface area (Å²) in [5.74, 6) is 1.35. The van der Waals surface area contributed by atoms with Crippen molar-refractivity contribution in [2.24, 2.45) is 0 Å². The van der Waals surface area contributed by atoms with E-state index in [4.69, 9.17) is 13.6 Å². The predicted octanol–water partition coefficient (Wildman–Crippen LogP) is 7.62. The molecule has 5 heteroatoms. The SMILES string of the molecule is O=P1(Oc2ccccc2)Oc2ccc3ccccc3c2-c2c(ccc3ccccc23)O1. The zero-order valence-corrected chi connectivity index (χ0v) is 17.3. The smallest absolute Gasteiger partial charge is 0.386 e. The molecule has 6 rings (SSSR count). The lowest BCUT2D eigenvalue weighted by Gasteiger charge is -2.17. The molecule has 0 fully saturated rings. The van der Waals surface area contributed by atoms with Gasteiger partial charge in [-0.1, -0.05) is 78.9 Å². The lowest BCUT2D eigenvalue weighted by Crippen LogP contribution is -2.06. The van der Waals surface area contributed by atoms with Gasteiger partial charge in [0.15, 0.2) is 0 Å². The summed E-state index contributed by atoms with van der Waals surface area (Å²) >= 11 is 0. The lowest BCUT2D eigenvalue weighted by atomic mass is 9.92. The third-order valence-corrected chi connectivity index (χ3v) is 6.69. The van der Waals surface area contributed by atoms with E-state index >= 15 is 0 Å². The highest BCUT2D eigenvalue weighted by molar-refractivity contribution is 7.49. The molecule has 1 aliphatic heterocycles. The minimum atomic E-state index is -4.00. The molecule has 4 nitrogen and oxygen atoms in total. The van der Waals surface area contributed by atoms with Crippen LogP contribution in [-0.2, 0) is 4.57 Å². The second kappa shape index (κ2) is 6.90. The summed E-state index contributed by atoms with van der Waals surface area (Å²) in [5, 5.41) is 4.11. The van der Waals surface area contributed by atoms with Gasteiger partial charge in [0.2, 0.25) is 0 Å². The van der Waals surface area contributed by atoms with E-state index in [2.05, 4.69) is 0 Å². The first kappa shape index (κ1) is 18.1. The maximum Gasteiger partial charge on any atom is 0.647 e. The zero-order chi connectivity index (χ0) is 20.8. The van der Waals surface area contributed by atoms with Crippen LogP contribution in [0.15, 0.2) is 103 Å². The predicted molar refractivity (Wildman–Crippen MR) is 123 cm³/mol. The van der Waals surface area contributed by atoms with Crippen LogP contribution in [0, 0.1) is 0 Å². The minimum absolute atomic E-state index is 0.414. The summed E-state index contributed by atoms with van der Waals surface area (Å²) < 4.78 is 31.5. The van der Waals surface area contributed by atoms with Gasteiger partial charge in [-0.25, -0.2) is 0 Å². The lowest BCUT2D eigenvalue weighted by molar-refractivity contribution is 0.302. The van der Waals surface area contributed by atoms with Crippen molar-refractivity contribution in [1.82, 2.24) is 0 Å².